The molecule has 0 fully saturated rings. The van der Waals surface area contributed by atoms with E-state index in [1.54, 1.807) is 0 Å². The topological polar surface area (TPSA) is 46.2 Å². The van der Waals surface area contributed by atoms with Crippen LogP contribution in [-0.4, -0.2) is 18.7 Å². The summed E-state index contributed by atoms with van der Waals surface area (Å²) in [6.45, 7) is 2.10. The van der Waals surface area contributed by atoms with Crippen LogP contribution in [0.25, 0.3) is 6.08 Å². The minimum atomic E-state index is -0.0318. The van der Waals surface area contributed by atoms with E-state index in [0.717, 1.165) is 35.0 Å². The Morgan fingerprint density at radius 1 is 1.04 bits per heavy atom. The third-order valence-corrected chi connectivity index (χ3v) is 3.57. The van der Waals surface area contributed by atoms with Crippen LogP contribution < -0.4 is 5.32 Å². The number of amides is 1. The third-order valence-electron chi connectivity index (χ3n) is 3.57. The van der Waals surface area contributed by atoms with Gasteiger partial charge in [0.2, 0.25) is 5.91 Å². The molecule has 0 atom stereocenters. The minimum absolute atomic E-state index is 0.0318. The van der Waals surface area contributed by atoms with Gasteiger partial charge in [-0.25, -0.2) is 0 Å². The van der Waals surface area contributed by atoms with Crippen LogP contribution in [0.4, 0.5) is 0 Å². The second-order valence-electron chi connectivity index (χ2n) is 5.43. The highest BCUT2D eigenvalue weighted by atomic mass is 16.1. The molecule has 0 heterocycles. The van der Waals surface area contributed by atoms with Gasteiger partial charge >= 0.3 is 0 Å². The molecule has 2 rings (SSSR count). The van der Waals surface area contributed by atoms with E-state index in [0.29, 0.717) is 13.0 Å². The number of benzene rings is 2. The van der Waals surface area contributed by atoms with Crippen molar-refractivity contribution in [2.24, 2.45) is 0 Å². The van der Waals surface area contributed by atoms with Crippen LogP contribution in [-0.2, 0) is 22.4 Å². The number of hydrogen-bond acceptors (Lipinski definition) is 2. The largest absolute Gasteiger partial charge is 0.356 e. The molecule has 2 aromatic rings. The molecule has 3 heteroatoms. The van der Waals surface area contributed by atoms with E-state index in [1.165, 1.54) is 6.92 Å². The lowest BCUT2D eigenvalue weighted by Gasteiger charge is -2.08. The van der Waals surface area contributed by atoms with Crippen molar-refractivity contribution in [2.75, 3.05) is 6.54 Å². The first-order valence-corrected chi connectivity index (χ1v) is 7.71. The van der Waals surface area contributed by atoms with Crippen molar-refractivity contribution in [3.05, 3.63) is 76.9 Å². The normalized spacial score (nSPS) is 11.1. The SMILES string of the molecule is CC(=O)NCCc1ccccc1/C=C(/C=O)Cc1ccccc1. The number of rotatable bonds is 7. The van der Waals surface area contributed by atoms with E-state index in [9.17, 15) is 9.59 Å². The quantitative estimate of drug-likeness (QED) is 0.631. The van der Waals surface area contributed by atoms with Gasteiger partial charge in [-0.1, -0.05) is 54.6 Å². The monoisotopic (exact) mass is 307 g/mol. The van der Waals surface area contributed by atoms with Crippen LogP contribution in [0.15, 0.2) is 60.2 Å². The van der Waals surface area contributed by atoms with Gasteiger partial charge in [-0.15, -0.1) is 0 Å². The Bertz CT molecular complexity index is 690. The predicted molar refractivity (Wildman–Crippen MR) is 93.0 cm³/mol. The lowest BCUT2D eigenvalue weighted by atomic mass is 9.99. The van der Waals surface area contributed by atoms with Gasteiger partial charge in [0.1, 0.15) is 6.29 Å². The van der Waals surface area contributed by atoms with Crippen molar-refractivity contribution in [1.82, 2.24) is 5.32 Å². The molecule has 0 saturated carbocycles. The first-order valence-electron chi connectivity index (χ1n) is 7.71. The summed E-state index contributed by atoms with van der Waals surface area (Å²) < 4.78 is 0. The minimum Gasteiger partial charge on any atom is -0.356 e. The second kappa shape index (κ2) is 8.69. The van der Waals surface area contributed by atoms with Crippen LogP contribution in [0, 0.1) is 0 Å². The molecule has 0 aliphatic carbocycles. The molecule has 0 aliphatic rings. The molecular formula is C20H21NO2. The second-order valence-corrected chi connectivity index (χ2v) is 5.43. The Kier molecular flexibility index (Phi) is 6.30. The molecule has 3 nitrogen and oxygen atoms in total. The van der Waals surface area contributed by atoms with Crippen LogP contribution in [0.2, 0.25) is 0 Å². The molecular weight excluding hydrogens is 286 g/mol. The summed E-state index contributed by atoms with van der Waals surface area (Å²) in [6.07, 6.45) is 4.20. The van der Waals surface area contributed by atoms with Crippen molar-refractivity contribution in [3.63, 3.8) is 0 Å². The highest BCUT2D eigenvalue weighted by molar-refractivity contribution is 5.82. The summed E-state index contributed by atoms with van der Waals surface area (Å²) in [4.78, 5) is 22.4. The van der Waals surface area contributed by atoms with Crippen molar-refractivity contribution >= 4 is 18.3 Å². The smallest absolute Gasteiger partial charge is 0.216 e. The molecule has 0 aliphatic heterocycles. The average Bonchev–Trinajstić information content (AvgIpc) is 2.56. The molecule has 2 aromatic carbocycles. The number of hydrogen-bond donors (Lipinski definition) is 1. The van der Waals surface area contributed by atoms with Gasteiger partial charge in [0.05, 0.1) is 0 Å². The lowest BCUT2D eigenvalue weighted by molar-refractivity contribution is -0.118. The fourth-order valence-corrected chi connectivity index (χ4v) is 2.43. The van der Waals surface area contributed by atoms with E-state index in [-0.39, 0.29) is 5.91 Å². The van der Waals surface area contributed by atoms with Crippen LogP contribution >= 0.6 is 0 Å². The summed E-state index contributed by atoms with van der Waals surface area (Å²) in [6, 6.07) is 17.9. The van der Waals surface area contributed by atoms with Gasteiger partial charge in [-0.2, -0.15) is 0 Å². The molecule has 0 spiro atoms. The maximum Gasteiger partial charge on any atom is 0.216 e. The van der Waals surface area contributed by atoms with Gasteiger partial charge in [-0.3, -0.25) is 9.59 Å². The van der Waals surface area contributed by atoms with Crippen LogP contribution in [0.5, 0.6) is 0 Å². The van der Waals surface area contributed by atoms with E-state index in [2.05, 4.69) is 5.32 Å². The van der Waals surface area contributed by atoms with Crippen LogP contribution in [0.3, 0.4) is 0 Å². The van der Waals surface area contributed by atoms with E-state index < -0.39 is 0 Å². The number of allylic oxidation sites excluding steroid dienone is 1. The van der Waals surface area contributed by atoms with E-state index in [4.69, 9.17) is 0 Å². The summed E-state index contributed by atoms with van der Waals surface area (Å²) in [5.74, 6) is -0.0318. The molecule has 0 aromatic heterocycles. The highest BCUT2D eigenvalue weighted by Crippen LogP contribution is 2.15. The Morgan fingerprint density at radius 3 is 2.43 bits per heavy atom. The fourth-order valence-electron chi connectivity index (χ4n) is 2.43. The summed E-state index contributed by atoms with van der Waals surface area (Å²) in [5.41, 5.74) is 3.99. The number of carbonyl (C=O) groups is 2. The molecule has 1 amide bonds. The first kappa shape index (κ1) is 16.7. The fraction of sp³-hybridized carbons (Fsp3) is 0.200. The molecule has 0 saturated heterocycles. The molecule has 1 N–H and O–H groups in total. The lowest BCUT2D eigenvalue weighted by Crippen LogP contribution is -2.22. The van der Waals surface area contributed by atoms with Crippen molar-refractivity contribution < 1.29 is 9.59 Å². The van der Waals surface area contributed by atoms with Gasteiger partial charge in [-0.05, 0) is 34.8 Å². The van der Waals surface area contributed by atoms with E-state index in [1.807, 2.05) is 60.7 Å². The zero-order valence-corrected chi connectivity index (χ0v) is 13.3. The van der Waals surface area contributed by atoms with Gasteiger partial charge in [0.25, 0.3) is 0 Å². The Hall–Kier alpha value is -2.68. The van der Waals surface area contributed by atoms with Gasteiger partial charge < -0.3 is 5.32 Å². The zero-order chi connectivity index (χ0) is 16.5. The first-order chi connectivity index (χ1) is 11.2. The van der Waals surface area contributed by atoms with Gasteiger partial charge in [0, 0.05) is 19.9 Å². The molecule has 118 valence electrons. The number of aldehydes is 1. The molecule has 0 bridgehead atoms. The average molecular weight is 307 g/mol. The van der Waals surface area contributed by atoms with Crippen molar-refractivity contribution in [1.29, 1.82) is 0 Å². The van der Waals surface area contributed by atoms with E-state index >= 15 is 0 Å². The maximum atomic E-state index is 11.4. The maximum absolute atomic E-state index is 11.4. The number of carbonyl (C=O) groups excluding carboxylic acids is 2. The summed E-state index contributed by atoms with van der Waals surface area (Å²) in [5, 5.41) is 2.80. The molecule has 0 unspecified atom stereocenters. The zero-order valence-electron chi connectivity index (χ0n) is 13.3. The third kappa shape index (κ3) is 5.55. The number of nitrogens with one attached hydrogen (secondary N) is 1. The van der Waals surface area contributed by atoms with Crippen molar-refractivity contribution in [3.8, 4) is 0 Å². The Balaban J connectivity index is 2.15. The van der Waals surface area contributed by atoms with Crippen LogP contribution in [0.1, 0.15) is 23.6 Å². The Labute approximate surface area is 137 Å². The van der Waals surface area contributed by atoms with Gasteiger partial charge in [0.15, 0.2) is 0 Å². The van der Waals surface area contributed by atoms with Crippen molar-refractivity contribution in [2.45, 2.75) is 19.8 Å². The summed E-state index contributed by atoms with van der Waals surface area (Å²) in [7, 11) is 0. The predicted octanol–water partition coefficient (Wildman–Crippen LogP) is 3.19. The summed E-state index contributed by atoms with van der Waals surface area (Å²) >= 11 is 0. The molecule has 23 heavy (non-hydrogen) atoms. The molecule has 0 radical (unpaired) electrons. The Morgan fingerprint density at radius 2 is 1.74 bits per heavy atom. The standard InChI is InChI=1S/C20H21NO2/c1-16(23)21-12-11-19-9-5-6-10-20(19)14-18(15-22)13-17-7-3-2-4-8-17/h2-10,14-15H,11-13H2,1H3,(H,21,23)/b18-14+. The highest BCUT2D eigenvalue weighted by Gasteiger charge is 2.03.